The summed E-state index contributed by atoms with van der Waals surface area (Å²) in [6.07, 6.45) is 9.51. The van der Waals surface area contributed by atoms with Crippen molar-refractivity contribution >= 4 is 27.1 Å². The van der Waals surface area contributed by atoms with Crippen LogP contribution in [-0.4, -0.2) is 21.7 Å². The Hall–Kier alpha value is -1.98. The fourth-order valence-electron chi connectivity index (χ4n) is 3.81. The van der Waals surface area contributed by atoms with E-state index in [1.165, 1.54) is 24.3 Å². The second-order valence-corrected chi connectivity index (χ2v) is 12.6. The Morgan fingerprint density at radius 3 is 1.21 bits per heavy atom. The van der Waals surface area contributed by atoms with Gasteiger partial charge in [0.2, 0.25) is 0 Å². The molecule has 0 radical (unpaired) electrons. The van der Waals surface area contributed by atoms with E-state index in [1.54, 1.807) is 0 Å². The van der Waals surface area contributed by atoms with Crippen molar-refractivity contribution in [1.82, 2.24) is 0 Å². The number of rotatable bonds is 18. The summed E-state index contributed by atoms with van der Waals surface area (Å²) in [5.41, 5.74) is 0.833. The van der Waals surface area contributed by atoms with Crippen molar-refractivity contribution in [3.8, 4) is 0 Å². The van der Waals surface area contributed by atoms with E-state index in [2.05, 4.69) is 0 Å². The number of hydrogen-bond acceptors (Lipinski definition) is 6. The average molecular weight is 571 g/mol. The smallest absolute Gasteiger partial charge is 0.385 e. The molecule has 1 aromatic rings. The Morgan fingerprint density at radius 2 is 0.947 bits per heavy atom. The lowest BCUT2D eigenvalue weighted by Gasteiger charge is -2.15. The molecule has 214 valence electrons. The van der Waals surface area contributed by atoms with Crippen molar-refractivity contribution in [3.63, 3.8) is 0 Å². The molecule has 0 spiro atoms. The molecule has 8 nitrogen and oxygen atoms in total. The molecule has 0 aromatic heterocycles. The summed E-state index contributed by atoms with van der Waals surface area (Å²) in [6.45, 7) is 8.07. The maximum Gasteiger partial charge on any atom is 0.403 e. The summed E-state index contributed by atoms with van der Waals surface area (Å²) in [5, 5.41) is 0. The predicted molar refractivity (Wildman–Crippen MR) is 151 cm³/mol. The summed E-state index contributed by atoms with van der Waals surface area (Å²) in [6, 6.07) is 5.38. The third-order valence-electron chi connectivity index (χ3n) is 5.89. The van der Waals surface area contributed by atoms with Crippen LogP contribution < -0.4 is 0 Å². The van der Waals surface area contributed by atoms with Gasteiger partial charge in [-0.3, -0.25) is 0 Å². The van der Waals surface area contributed by atoms with Crippen LogP contribution in [0.5, 0.6) is 0 Å². The maximum absolute atomic E-state index is 12.8. The highest BCUT2D eigenvalue weighted by Crippen LogP contribution is 2.48. The molecular weight excluding hydrogens is 526 g/mol. The van der Waals surface area contributed by atoms with E-state index >= 15 is 0 Å². The van der Waals surface area contributed by atoms with Crippen LogP contribution in [0.3, 0.4) is 0 Å². The first-order valence-corrected chi connectivity index (χ1v) is 16.9. The monoisotopic (exact) mass is 570 g/mol. The molecular formula is C28H44O8P2. The van der Waals surface area contributed by atoms with Crippen LogP contribution in [0.1, 0.15) is 125 Å². The second-order valence-electron chi connectivity index (χ2n) is 9.42. The van der Waals surface area contributed by atoms with Crippen LogP contribution in [0, 0.1) is 0 Å². The molecule has 0 aliphatic heterocycles. The minimum atomic E-state index is -4.46. The standard InChI is InChI=1S/C28H44O8P2/c1-5-9-15-23(16-10-6-2)21-37(31,32)35-27(29)25-19-13-14-20-26(25)28(30)36-38(33,34)22-24(17-11-7-3)18-12-8-4/h13-14,19-22H,5-12,15-18H2,1-4H3,(H,31,32)(H,33,34). The number of carbonyl (C=O) groups excluding carboxylic acids is 2. The van der Waals surface area contributed by atoms with Crippen LogP contribution in [0.25, 0.3) is 0 Å². The van der Waals surface area contributed by atoms with Gasteiger partial charge in [-0.25, -0.2) is 18.7 Å². The Morgan fingerprint density at radius 1 is 0.658 bits per heavy atom. The molecule has 38 heavy (non-hydrogen) atoms. The van der Waals surface area contributed by atoms with Gasteiger partial charge in [-0.2, -0.15) is 0 Å². The van der Waals surface area contributed by atoms with Gasteiger partial charge in [0.1, 0.15) is 0 Å². The van der Waals surface area contributed by atoms with E-state index in [-0.39, 0.29) is 11.1 Å². The average Bonchev–Trinajstić information content (AvgIpc) is 2.86. The van der Waals surface area contributed by atoms with Crippen LogP contribution in [0.4, 0.5) is 0 Å². The molecule has 10 heteroatoms. The summed E-state index contributed by atoms with van der Waals surface area (Å²) in [4.78, 5) is 46.5. The lowest BCUT2D eigenvalue weighted by Crippen LogP contribution is -2.12. The molecule has 1 rings (SSSR count). The lowest BCUT2D eigenvalue weighted by atomic mass is 10.1. The van der Waals surface area contributed by atoms with E-state index in [9.17, 15) is 28.5 Å². The Labute approximate surface area is 227 Å². The van der Waals surface area contributed by atoms with Gasteiger partial charge < -0.3 is 18.8 Å². The zero-order valence-corrected chi connectivity index (χ0v) is 25.0. The second kappa shape index (κ2) is 17.6. The van der Waals surface area contributed by atoms with Gasteiger partial charge in [-0.05, 0) is 63.5 Å². The van der Waals surface area contributed by atoms with E-state index in [4.69, 9.17) is 9.05 Å². The molecule has 0 saturated carbocycles. The molecule has 2 N–H and O–H groups in total. The Kier molecular flexibility index (Phi) is 15.7. The predicted octanol–water partition coefficient (Wildman–Crippen LogP) is 8.90. The Bertz CT molecular complexity index is 958. The van der Waals surface area contributed by atoms with Crippen LogP contribution in [-0.2, 0) is 18.2 Å². The number of benzene rings is 1. The SMILES string of the molecule is CCCCC(=CP(=O)(O)OC(=O)c1ccccc1C(=O)OP(=O)(O)C=C(CCCC)CCCC)CCCC. The number of unbranched alkanes of at least 4 members (excludes halogenated alkanes) is 4. The van der Waals surface area contributed by atoms with E-state index in [0.717, 1.165) is 74.1 Å². The summed E-state index contributed by atoms with van der Waals surface area (Å²) >= 11 is 0. The number of carbonyl (C=O) groups is 2. The highest BCUT2D eigenvalue weighted by molar-refractivity contribution is 7.57. The lowest BCUT2D eigenvalue weighted by molar-refractivity contribution is 0.0676. The van der Waals surface area contributed by atoms with Crippen LogP contribution >= 0.6 is 15.2 Å². The van der Waals surface area contributed by atoms with Gasteiger partial charge in [0.15, 0.2) is 0 Å². The minimum absolute atomic E-state index is 0.329. The van der Waals surface area contributed by atoms with E-state index in [0.29, 0.717) is 25.7 Å². The zero-order valence-electron chi connectivity index (χ0n) is 23.2. The van der Waals surface area contributed by atoms with Crippen LogP contribution in [0.15, 0.2) is 47.0 Å². The highest BCUT2D eigenvalue weighted by Gasteiger charge is 2.30. The first kappa shape index (κ1) is 34.0. The molecule has 0 heterocycles. The molecule has 0 saturated heterocycles. The fraction of sp³-hybridized carbons (Fsp3) is 0.571. The summed E-state index contributed by atoms with van der Waals surface area (Å²) in [7, 11) is -8.92. The van der Waals surface area contributed by atoms with Crippen molar-refractivity contribution in [1.29, 1.82) is 0 Å². The first-order valence-electron chi connectivity index (χ1n) is 13.6. The van der Waals surface area contributed by atoms with Crippen molar-refractivity contribution < 1.29 is 37.6 Å². The van der Waals surface area contributed by atoms with Gasteiger partial charge in [-0.15, -0.1) is 0 Å². The largest absolute Gasteiger partial charge is 0.403 e. The van der Waals surface area contributed by atoms with Gasteiger partial charge in [0.05, 0.1) is 11.1 Å². The normalized spacial score (nSPS) is 14.1. The van der Waals surface area contributed by atoms with E-state index in [1.807, 2.05) is 27.7 Å². The van der Waals surface area contributed by atoms with Gasteiger partial charge in [0, 0.05) is 11.6 Å². The van der Waals surface area contributed by atoms with Gasteiger partial charge in [0.25, 0.3) is 0 Å². The third-order valence-corrected chi connectivity index (χ3v) is 8.13. The maximum atomic E-state index is 12.8. The molecule has 0 bridgehead atoms. The molecule has 0 amide bonds. The zero-order chi connectivity index (χ0) is 28.6. The summed E-state index contributed by atoms with van der Waals surface area (Å²) < 4.78 is 35.4. The number of allylic oxidation sites excluding steroid dienone is 2. The first-order chi connectivity index (χ1) is 18.0. The van der Waals surface area contributed by atoms with Crippen molar-refractivity contribution in [2.24, 2.45) is 0 Å². The van der Waals surface area contributed by atoms with Gasteiger partial charge in [-0.1, -0.05) is 76.7 Å². The quantitative estimate of drug-likeness (QED) is 0.168. The number of hydrogen-bond donors (Lipinski definition) is 2. The molecule has 1 aromatic carbocycles. The summed E-state index contributed by atoms with van der Waals surface area (Å²) in [5.74, 6) is -0.143. The topological polar surface area (TPSA) is 127 Å². The molecule has 0 aliphatic carbocycles. The molecule has 2 atom stereocenters. The van der Waals surface area contributed by atoms with Crippen molar-refractivity contribution in [2.75, 3.05) is 0 Å². The Balaban J connectivity index is 3.14. The van der Waals surface area contributed by atoms with Crippen LogP contribution in [0.2, 0.25) is 0 Å². The molecule has 0 fully saturated rings. The molecule has 2 unspecified atom stereocenters. The van der Waals surface area contributed by atoms with E-state index < -0.39 is 27.1 Å². The van der Waals surface area contributed by atoms with Crippen molar-refractivity contribution in [2.45, 2.75) is 105 Å². The third kappa shape index (κ3) is 13.2. The molecule has 0 aliphatic rings. The minimum Gasteiger partial charge on any atom is -0.385 e. The fourth-order valence-corrected chi connectivity index (χ4v) is 6.03. The highest BCUT2D eigenvalue weighted by atomic mass is 31.2. The van der Waals surface area contributed by atoms with Crippen molar-refractivity contribution in [3.05, 3.63) is 58.2 Å². The van der Waals surface area contributed by atoms with Gasteiger partial charge >= 0.3 is 27.1 Å².